The summed E-state index contributed by atoms with van der Waals surface area (Å²) < 4.78 is 45.1. The van der Waals surface area contributed by atoms with Gasteiger partial charge in [-0.1, -0.05) is 35.5 Å². The van der Waals surface area contributed by atoms with Gasteiger partial charge in [-0.2, -0.15) is 13.2 Å². The van der Waals surface area contributed by atoms with Crippen LogP contribution in [0.3, 0.4) is 0 Å². The van der Waals surface area contributed by atoms with Gasteiger partial charge in [-0.25, -0.2) is 4.68 Å². The van der Waals surface area contributed by atoms with Crippen LogP contribution in [0, 0.1) is 0 Å². The molecule has 186 valence electrons. The van der Waals surface area contributed by atoms with Gasteiger partial charge in [0.25, 0.3) is 5.91 Å². The number of allylic oxidation sites excluding steroid dienone is 2. The Balaban J connectivity index is 1.43. The number of hydrogen-bond donors (Lipinski definition) is 2. The second-order valence-corrected chi connectivity index (χ2v) is 8.57. The van der Waals surface area contributed by atoms with Crippen LogP contribution in [0.2, 0.25) is 0 Å². The zero-order chi connectivity index (χ0) is 24.8. The van der Waals surface area contributed by atoms with E-state index >= 15 is 0 Å². The molecule has 1 aromatic carbocycles. The topological polar surface area (TPSA) is 98.1 Å². The minimum Gasteiger partial charge on any atom is -0.371 e. The lowest BCUT2D eigenvalue weighted by molar-refractivity contribution is -0.153. The summed E-state index contributed by atoms with van der Waals surface area (Å²) in [5.74, 6) is -1.45. The fraction of sp³-hybridized carbons (Fsp3) is 0.417. The molecule has 1 atom stereocenters. The van der Waals surface area contributed by atoms with Crippen molar-refractivity contribution < 1.29 is 27.5 Å². The van der Waals surface area contributed by atoms with Crippen molar-refractivity contribution in [3.63, 3.8) is 0 Å². The Hall–Kier alpha value is -3.47. The molecule has 1 aromatic heterocycles. The molecular formula is C24H26F3N5O3. The van der Waals surface area contributed by atoms with E-state index < -0.39 is 24.6 Å². The highest BCUT2D eigenvalue weighted by atomic mass is 19.4. The maximum absolute atomic E-state index is 12.5. The SMILES string of the molecule is O=C(CC(F)(F)F)NC1=CC=C(n2cc(C(=O)NC3CC3)nn2)C(OCCCc2ccccc2)C1. The molecule has 8 nitrogen and oxygen atoms in total. The largest absolute Gasteiger partial charge is 0.397 e. The molecule has 0 radical (unpaired) electrons. The van der Waals surface area contributed by atoms with Crippen LogP contribution < -0.4 is 10.6 Å². The van der Waals surface area contributed by atoms with Crippen molar-refractivity contribution in [2.75, 3.05) is 6.61 Å². The van der Waals surface area contributed by atoms with E-state index in [1.54, 1.807) is 6.08 Å². The van der Waals surface area contributed by atoms with Crippen LogP contribution in [0.4, 0.5) is 13.2 Å². The lowest BCUT2D eigenvalue weighted by Gasteiger charge is -2.25. The minimum atomic E-state index is -4.59. The molecule has 1 heterocycles. The number of hydrogen-bond acceptors (Lipinski definition) is 5. The summed E-state index contributed by atoms with van der Waals surface area (Å²) in [4.78, 5) is 24.0. The van der Waals surface area contributed by atoms with Gasteiger partial charge >= 0.3 is 6.18 Å². The molecule has 0 bridgehead atoms. The highest BCUT2D eigenvalue weighted by Gasteiger charge is 2.32. The van der Waals surface area contributed by atoms with Gasteiger partial charge in [-0.15, -0.1) is 5.10 Å². The van der Waals surface area contributed by atoms with E-state index in [2.05, 4.69) is 20.9 Å². The molecule has 0 aliphatic heterocycles. The molecule has 0 spiro atoms. The van der Waals surface area contributed by atoms with Gasteiger partial charge < -0.3 is 15.4 Å². The van der Waals surface area contributed by atoms with Crippen LogP contribution in [0.5, 0.6) is 0 Å². The normalized spacial score (nSPS) is 18.0. The molecule has 4 rings (SSSR count). The monoisotopic (exact) mass is 489 g/mol. The van der Waals surface area contributed by atoms with E-state index in [1.165, 1.54) is 17.0 Å². The Morgan fingerprint density at radius 2 is 1.91 bits per heavy atom. The molecular weight excluding hydrogens is 463 g/mol. The molecule has 2 aliphatic carbocycles. The summed E-state index contributed by atoms with van der Waals surface area (Å²) in [7, 11) is 0. The Bertz CT molecular complexity index is 1110. The number of ether oxygens (including phenoxy) is 1. The second kappa shape index (κ2) is 10.9. The van der Waals surface area contributed by atoms with Crippen LogP contribution in [-0.2, 0) is 16.0 Å². The van der Waals surface area contributed by atoms with E-state index in [0.29, 0.717) is 18.0 Å². The molecule has 11 heteroatoms. The second-order valence-electron chi connectivity index (χ2n) is 8.57. The highest BCUT2D eigenvalue weighted by molar-refractivity contribution is 5.92. The molecule has 0 saturated heterocycles. The molecule has 2 N–H and O–H groups in total. The van der Waals surface area contributed by atoms with Gasteiger partial charge in [0.05, 0.1) is 11.9 Å². The fourth-order valence-electron chi connectivity index (χ4n) is 3.66. The number of nitrogens with zero attached hydrogens (tertiary/aromatic N) is 3. The predicted molar refractivity (Wildman–Crippen MR) is 121 cm³/mol. The summed E-state index contributed by atoms with van der Waals surface area (Å²) in [5, 5.41) is 13.1. The summed E-state index contributed by atoms with van der Waals surface area (Å²) in [6, 6.07) is 10.1. The highest BCUT2D eigenvalue weighted by Crippen LogP contribution is 2.26. The molecule has 1 saturated carbocycles. The fourth-order valence-corrected chi connectivity index (χ4v) is 3.66. The van der Waals surface area contributed by atoms with Gasteiger partial charge in [0, 0.05) is 24.8 Å². The molecule has 1 unspecified atom stereocenters. The van der Waals surface area contributed by atoms with Crippen LogP contribution in [-0.4, -0.2) is 51.7 Å². The Morgan fingerprint density at radius 3 is 2.63 bits per heavy atom. The predicted octanol–water partition coefficient (Wildman–Crippen LogP) is 3.39. The average Bonchev–Trinajstić information content (AvgIpc) is 3.48. The number of carbonyl (C=O) groups is 2. The number of amides is 2. The zero-order valence-corrected chi connectivity index (χ0v) is 18.9. The summed E-state index contributed by atoms with van der Waals surface area (Å²) in [6.07, 6.45) is 1.40. The molecule has 1 fully saturated rings. The third kappa shape index (κ3) is 7.51. The smallest absolute Gasteiger partial charge is 0.371 e. The van der Waals surface area contributed by atoms with Crippen LogP contribution >= 0.6 is 0 Å². The first-order valence-electron chi connectivity index (χ1n) is 11.4. The van der Waals surface area contributed by atoms with E-state index in [9.17, 15) is 22.8 Å². The number of carbonyl (C=O) groups excluding carboxylic acids is 2. The number of alkyl halides is 3. The molecule has 2 amide bonds. The van der Waals surface area contributed by atoms with Crippen LogP contribution in [0.25, 0.3) is 5.70 Å². The number of aromatic nitrogens is 3. The maximum atomic E-state index is 12.5. The zero-order valence-electron chi connectivity index (χ0n) is 18.9. The van der Waals surface area contributed by atoms with E-state index in [0.717, 1.165) is 31.2 Å². The van der Waals surface area contributed by atoms with Crippen molar-refractivity contribution in [3.05, 3.63) is 65.6 Å². The summed E-state index contributed by atoms with van der Waals surface area (Å²) in [6.45, 7) is 0.379. The van der Waals surface area contributed by atoms with Crippen molar-refractivity contribution >= 4 is 17.5 Å². The first-order valence-corrected chi connectivity index (χ1v) is 11.4. The number of halogens is 3. The van der Waals surface area contributed by atoms with Gasteiger partial charge in [0.15, 0.2) is 5.69 Å². The van der Waals surface area contributed by atoms with Gasteiger partial charge in [-0.3, -0.25) is 9.59 Å². The number of aryl methyl sites for hydroxylation is 1. The van der Waals surface area contributed by atoms with E-state index in [4.69, 9.17) is 4.74 Å². The Labute approximate surface area is 200 Å². The lowest BCUT2D eigenvalue weighted by atomic mass is 10.0. The van der Waals surface area contributed by atoms with Gasteiger partial charge in [0.1, 0.15) is 12.5 Å². The van der Waals surface area contributed by atoms with Crippen LogP contribution in [0.1, 0.15) is 48.2 Å². The summed E-state index contributed by atoms with van der Waals surface area (Å²) >= 11 is 0. The quantitative estimate of drug-likeness (QED) is 0.499. The third-order valence-electron chi connectivity index (χ3n) is 5.53. The van der Waals surface area contributed by atoms with Crippen molar-refractivity contribution in [2.24, 2.45) is 0 Å². The Morgan fingerprint density at radius 1 is 1.14 bits per heavy atom. The van der Waals surface area contributed by atoms with Gasteiger partial charge in [0.2, 0.25) is 5.91 Å². The molecule has 2 aromatic rings. The van der Waals surface area contributed by atoms with E-state index in [-0.39, 0.29) is 24.1 Å². The van der Waals surface area contributed by atoms with Gasteiger partial charge in [-0.05, 0) is 43.4 Å². The van der Waals surface area contributed by atoms with Crippen molar-refractivity contribution in [1.82, 2.24) is 25.6 Å². The number of nitrogens with one attached hydrogen (secondary N) is 2. The third-order valence-corrected chi connectivity index (χ3v) is 5.53. The minimum absolute atomic E-state index is 0.143. The average molecular weight is 489 g/mol. The van der Waals surface area contributed by atoms with Crippen molar-refractivity contribution in [3.8, 4) is 0 Å². The van der Waals surface area contributed by atoms with Crippen molar-refractivity contribution in [1.29, 1.82) is 0 Å². The molecule has 35 heavy (non-hydrogen) atoms. The Kier molecular flexibility index (Phi) is 7.64. The molecule has 2 aliphatic rings. The maximum Gasteiger partial charge on any atom is 0.397 e. The van der Waals surface area contributed by atoms with Crippen LogP contribution in [0.15, 0.2) is 54.4 Å². The standard InChI is InChI=1S/C24H26F3N5O3/c25-24(26,27)14-22(33)28-18-10-11-20(32-15-19(30-31-32)23(34)29-17-8-9-17)21(13-18)35-12-4-7-16-5-2-1-3-6-16/h1-3,5-6,10-11,15,17,21H,4,7-9,12-14H2,(H,28,33)(H,29,34). The number of rotatable bonds is 10. The van der Waals surface area contributed by atoms with Crippen molar-refractivity contribution in [2.45, 2.75) is 56.8 Å². The first kappa shape index (κ1) is 24.6. The first-order chi connectivity index (χ1) is 16.8. The lowest BCUT2D eigenvalue weighted by Crippen LogP contribution is -2.32. The van der Waals surface area contributed by atoms with E-state index in [1.807, 2.05) is 30.3 Å². The summed E-state index contributed by atoms with van der Waals surface area (Å²) in [5.41, 5.74) is 2.20. The number of benzene rings is 1.